The lowest BCUT2D eigenvalue weighted by Gasteiger charge is -2.45. The predicted octanol–water partition coefficient (Wildman–Crippen LogP) is 2.21. The normalized spacial score (nSPS) is 19.1. The summed E-state index contributed by atoms with van der Waals surface area (Å²) in [5, 5.41) is -0.311. The zero-order chi connectivity index (χ0) is 16.0. The van der Waals surface area contributed by atoms with Crippen LogP contribution in [-0.4, -0.2) is 46.5 Å². The van der Waals surface area contributed by atoms with E-state index in [1.165, 1.54) is 15.9 Å². The third-order valence-corrected chi connectivity index (χ3v) is 3.61. The van der Waals surface area contributed by atoms with Crippen molar-refractivity contribution in [3.8, 4) is 0 Å². The molecule has 1 amide bonds. The first kappa shape index (κ1) is 15.8. The lowest BCUT2D eigenvalue weighted by atomic mass is 9.98. The van der Waals surface area contributed by atoms with Gasteiger partial charge in [-0.25, -0.2) is 9.97 Å². The van der Waals surface area contributed by atoms with Gasteiger partial charge < -0.3 is 9.80 Å². The molecule has 0 bridgehead atoms. The second-order valence-electron chi connectivity index (χ2n) is 5.31. The van der Waals surface area contributed by atoms with Gasteiger partial charge in [-0.05, 0) is 13.8 Å². The van der Waals surface area contributed by atoms with E-state index in [4.69, 9.17) is 11.6 Å². The highest BCUT2D eigenvalue weighted by Crippen LogP contribution is 2.32. The zero-order valence-corrected chi connectivity index (χ0v) is 12.5. The van der Waals surface area contributed by atoms with Crippen LogP contribution in [-0.2, 0) is 11.0 Å². The van der Waals surface area contributed by atoms with Crippen LogP contribution in [0.2, 0.25) is 5.15 Å². The van der Waals surface area contributed by atoms with Crippen LogP contribution in [0.4, 0.5) is 19.0 Å². The molecule has 0 aliphatic carbocycles. The molecule has 0 saturated carbocycles. The minimum atomic E-state index is -4.69. The minimum absolute atomic E-state index is 0.00576. The molecule has 1 aliphatic rings. The van der Waals surface area contributed by atoms with Crippen LogP contribution in [0, 0.1) is 0 Å². The first-order valence-electron chi connectivity index (χ1n) is 6.18. The summed E-state index contributed by atoms with van der Waals surface area (Å²) in [6, 6.07) is 1.23. The van der Waals surface area contributed by atoms with Crippen molar-refractivity contribution in [2.45, 2.75) is 25.6 Å². The Labute approximate surface area is 124 Å². The van der Waals surface area contributed by atoms with Crippen LogP contribution in [0.15, 0.2) is 6.07 Å². The van der Waals surface area contributed by atoms with E-state index < -0.39 is 17.5 Å². The Bertz CT molecular complexity index is 576. The fraction of sp³-hybridized carbons (Fsp3) is 0.583. The molecule has 1 aliphatic heterocycles. The van der Waals surface area contributed by atoms with Crippen molar-refractivity contribution in [1.82, 2.24) is 14.9 Å². The molecule has 1 aromatic heterocycles. The molecule has 116 valence electrons. The van der Waals surface area contributed by atoms with Crippen molar-refractivity contribution in [3.63, 3.8) is 0 Å². The highest BCUT2D eigenvalue weighted by atomic mass is 35.5. The van der Waals surface area contributed by atoms with E-state index in [2.05, 4.69) is 9.97 Å². The van der Waals surface area contributed by atoms with Gasteiger partial charge in [0.2, 0.25) is 11.7 Å². The number of anilines is 1. The Morgan fingerprint density at radius 1 is 1.29 bits per heavy atom. The molecule has 0 spiro atoms. The molecule has 1 aromatic rings. The van der Waals surface area contributed by atoms with E-state index in [0.717, 1.165) is 0 Å². The summed E-state index contributed by atoms with van der Waals surface area (Å²) in [5.74, 6) is -1.52. The summed E-state index contributed by atoms with van der Waals surface area (Å²) in [6.45, 7) is 4.02. The molecule has 21 heavy (non-hydrogen) atoms. The predicted molar refractivity (Wildman–Crippen MR) is 71.1 cm³/mol. The molecule has 0 N–H and O–H groups in total. The van der Waals surface area contributed by atoms with Crippen molar-refractivity contribution in [3.05, 3.63) is 17.0 Å². The molecule has 9 heteroatoms. The number of piperazine rings is 1. The SMILES string of the molecule is CN1CCN(c2cc(Cl)nc(C(F)(F)F)n2)C(C)(C)C1=O. The van der Waals surface area contributed by atoms with Gasteiger partial charge in [0.15, 0.2) is 0 Å². The number of halogens is 4. The summed E-state index contributed by atoms with van der Waals surface area (Å²) in [7, 11) is 1.65. The Kier molecular flexibility index (Phi) is 3.77. The number of aromatic nitrogens is 2. The first-order chi connectivity index (χ1) is 9.53. The number of nitrogens with zero attached hydrogens (tertiary/aromatic N) is 4. The number of amides is 1. The van der Waals surface area contributed by atoms with E-state index in [-0.39, 0.29) is 16.9 Å². The molecule has 0 unspecified atom stereocenters. The van der Waals surface area contributed by atoms with Gasteiger partial charge in [-0.1, -0.05) is 11.6 Å². The van der Waals surface area contributed by atoms with Crippen LogP contribution in [0.3, 0.4) is 0 Å². The van der Waals surface area contributed by atoms with Gasteiger partial charge in [0, 0.05) is 26.2 Å². The molecule has 1 fully saturated rings. The number of rotatable bonds is 1. The minimum Gasteiger partial charge on any atom is -0.342 e. The van der Waals surface area contributed by atoms with Crippen molar-refractivity contribution in [2.24, 2.45) is 0 Å². The molecule has 2 rings (SSSR count). The smallest absolute Gasteiger partial charge is 0.342 e. The van der Waals surface area contributed by atoms with Gasteiger partial charge in [-0.15, -0.1) is 0 Å². The maximum Gasteiger partial charge on any atom is 0.451 e. The quantitative estimate of drug-likeness (QED) is 0.744. The van der Waals surface area contributed by atoms with Crippen molar-refractivity contribution in [2.75, 3.05) is 25.0 Å². The Morgan fingerprint density at radius 2 is 1.90 bits per heavy atom. The number of hydrogen-bond acceptors (Lipinski definition) is 4. The van der Waals surface area contributed by atoms with E-state index in [1.54, 1.807) is 20.9 Å². The molecule has 2 heterocycles. The van der Waals surface area contributed by atoms with E-state index in [1.807, 2.05) is 0 Å². The fourth-order valence-corrected chi connectivity index (χ4v) is 2.46. The van der Waals surface area contributed by atoms with Crippen molar-refractivity contribution < 1.29 is 18.0 Å². The summed E-state index contributed by atoms with van der Waals surface area (Å²) >= 11 is 5.66. The van der Waals surface area contributed by atoms with Crippen LogP contribution in [0.25, 0.3) is 0 Å². The van der Waals surface area contributed by atoms with Gasteiger partial charge >= 0.3 is 6.18 Å². The van der Waals surface area contributed by atoms with Gasteiger partial charge in [0.25, 0.3) is 0 Å². The summed E-state index contributed by atoms with van der Waals surface area (Å²) < 4.78 is 38.3. The van der Waals surface area contributed by atoms with Gasteiger partial charge in [-0.2, -0.15) is 13.2 Å². The highest BCUT2D eigenvalue weighted by molar-refractivity contribution is 6.29. The Morgan fingerprint density at radius 3 is 2.48 bits per heavy atom. The van der Waals surface area contributed by atoms with E-state index >= 15 is 0 Å². The second kappa shape index (κ2) is 5.01. The highest BCUT2D eigenvalue weighted by Gasteiger charge is 2.42. The molecule has 1 saturated heterocycles. The third-order valence-electron chi connectivity index (χ3n) is 3.42. The van der Waals surface area contributed by atoms with Crippen LogP contribution >= 0.6 is 11.6 Å². The van der Waals surface area contributed by atoms with Crippen LogP contribution in [0.5, 0.6) is 0 Å². The average Bonchev–Trinajstić information content (AvgIpc) is 2.34. The zero-order valence-electron chi connectivity index (χ0n) is 11.7. The molecule has 5 nitrogen and oxygen atoms in total. The van der Waals surface area contributed by atoms with Crippen molar-refractivity contribution >= 4 is 23.3 Å². The number of hydrogen-bond donors (Lipinski definition) is 0. The van der Waals surface area contributed by atoms with Gasteiger partial charge in [0.1, 0.15) is 16.5 Å². The van der Waals surface area contributed by atoms with E-state index in [9.17, 15) is 18.0 Å². The van der Waals surface area contributed by atoms with Crippen molar-refractivity contribution in [1.29, 1.82) is 0 Å². The number of carbonyl (C=O) groups excluding carboxylic acids is 1. The second-order valence-corrected chi connectivity index (χ2v) is 5.69. The molecule has 0 radical (unpaired) electrons. The van der Waals surface area contributed by atoms with Gasteiger partial charge in [-0.3, -0.25) is 4.79 Å². The fourth-order valence-electron chi connectivity index (χ4n) is 2.29. The molecule has 0 aromatic carbocycles. The molecule has 0 atom stereocenters. The number of alkyl halides is 3. The Hall–Kier alpha value is -1.57. The summed E-state index contributed by atoms with van der Waals surface area (Å²) in [4.78, 5) is 21.9. The summed E-state index contributed by atoms with van der Waals surface area (Å²) in [6.07, 6.45) is -4.69. The summed E-state index contributed by atoms with van der Waals surface area (Å²) in [5.41, 5.74) is -1.01. The lowest BCUT2D eigenvalue weighted by Crippen LogP contribution is -2.62. The number of likely N-dealkylation sites (N-methyl/N-ethyl adjacent to an activating group) is 1. The third kappa shape index (κ3) is 2.90. The largest absolute Gasteiger partial charge is 0.451 e. The van der Waals surface area contributed by atoms with Gasteiger partial charge in [0.05, 0.1) is 0 Å². The maximum atomic E-state index is 12.8. The standard InChI is InChI=1S/C12H14ClF3N4O/c1-11(2)10(21)19(3)4-5-20(11)8-6-7(13)17-9(18-8)12(14,15)16/h6H,4-5H2,1-3H3. The first-order valence-corrected chi connectivity index (χ1v) is 6.56. The average molecular weight is 323 g/mol. The lowest BCUT2D eigenvalue weighted by molar-refractivity contribution is -0.144. The Balaban J connectivity index is 2.47. The number of carbonyl (C=O) groups is 1. The molecular weight excluding hydrogens is 309 g/mol. The van der Waals surface area contributed by atoms with Crippen LogP contribution < -0.4 is 4.90 Å². The van der Waals surface area contributed by atoms with E-state index in [0.29, 0.717) is 13.1 Å². The molecular formula is C12H14ClF3N4O. The topological polar surface area (TPSA) is 49.3 Å². The monoisotopic (exact) mass is 322 g/mol. The van der Waals surface area contributed by atoms with Crippen LogP contribution in [0.1, 0.15) is 19.7 Å². The maximum absolute atomic E-state index is 12.8.